The number of aryl methyl sites for hydroxylation is 1. The number of rotatable bonds is 5. The minimum atomic E-state index is -1.05. The van der Waals surface area contributed by atoms with Gasteiger partial charge in [-0.1, -0.05) is 19.0 Å². The summed E-state index contributed by atoms with van der Waals surface area (Å²) in [5.41, 5.74) is 0.575. The van der Waals surface area contributed by atoms with Gasteiger partial charge in [0.25, 0.3) is 5.91 Å². The minimum absolute atomic E-state index is 0.0255. The van der Waals surface area contributed by atoms with E-state index in [0.29, 0.717) is 12.1 Å². The molecule has 0 spiro atoms. The Morgan fingerprint density at radius 3 is 2.59 bits per heavy atom. The molecule has 94 valence electrons. The predicted molar refractivity (Wildman–Crippen MR) is 59.6 cm³/mol. The Bertz CT molecular complexity index is 411. The van der Waals surface area contributed by atoms with Crippen molar-refractivity contribution in [2.75, 3.05) is 0 Å². The maximum absolute atomic E-state index is 11.6. The Labute approximate surface area is 99.0 Å². The number of carboxylic acid groups (broad SMARTS) is 1. The predicted octanol–water partition coefficient (Wildman–Crippen LogP) is 1.21. The molecule has 0 aromatic carbocycles. The van der Waals surface area contributed by atoms with Gasteiger partial charge in [-0.2, -0.15) is 0 Å². The molecule has 0 aliphatic rings. The van der Waals surface area contributed by atoms with Crippen LogP contribution in [0.3, 0.4) is 0 Å². The molecule has 1 aromatic rings. The fourth-order valence-electron chi connectivity index (χ4n) is 1.39. The molecule has 1 rings (SSSR count). The van der Waals surface area contributed by atoms with Crippen molar-refractivity contribution in [2.45, 2.75) is 33.2 Å². The van der Waals surface area contributed by atoms with Crippen molar-refractivity contribution in [1.82, 2.24) is 10.5 Å². The van der Waals surface area contributed by atoms with E-state index in [1.165, 1.54) is 6.07 Å². The summed E-state index contributed by atoms with van der Waals surface area (Å²) in [6.45, 7) is 5.46. The highest BCUT2D eigenvalue weighted by molar-refractivity contribution is 5.94. The van der Waals surface area contributed by atoms with Gasteiger partial charge in [0, 0.05) is 6.07 Å². The van der Waals surface area contributed by atoms with Crippen LogP contribution in [0.1, 0.15) is 36.5 Å². The van der Waals surface area contributed by atoms with E-state index in [-0.39, 0.29) is 11.7 Å². The summed E-state index contributed by atoms with van der Waals surface area (Å²) < 4.78 is 4.76. The summed E-state index contributed by atoms with van der Waals surface area (Å²) in [6.07, 6.45) is 0.369. The van der Waals surface area contributed by atoms with Crippen LogP contribution in [0.5, 0.6) is 0 Å². The van der Waals surface area contributed by atoms with Crippen LogP contribution in [0, 0.1) is 12.8 Å². The zero-order valence-electron chi connectivity index (χ0n) is 10.1. The second-order valence-corrected chi connectivity index (χ2v) is 4.33. The van der Waals surface area contributed by atoms with Crippen LogP contribution >= 0.6 is 0 Å². The Morgan fingerprint density at radius 1 is 1.53 bits per heavy atom. The lowest BCUT2D eigenvalue weighted by Crippen LogP contribution is -2.41. The minimum Gasteiger partial charge on any atom is -0.480 e. The Hall–Kier alpha value is -1.85. The van der Waals surface area contributed by atoms with Crippen molar-refractivity contribution in [3.63, 3.8) is 0 Å². The molecule has 0 saturated carbocycles. The Balaban J connectivity index is 2.67. The lowest BCUT2D eigenvalue weighted by atomic mass is 10.0. The van der Waals surface area contributed by atoms with Crippen molar-refractivity contribution in [1.29, 1.82) is 0 Å². The lowest BCUT2D eigenvalue weighted by molar-refractivity contribution is -0.139. The summed E-state index contributed by atoms with van der Waals surface area (Å²) in [4.78, 5) is 22.6. The fourth-order valence-corrected chi connectivity index (χ4v) is 1.39. The molecule has 6 nitrogen and oxygen atoms in total. The normalized spacial score (nSPS) is 12.5. The van der Waals surface area contributed by atoms with Gasteiger partial charge in [-0.15, -0.1) is 0 Å². The molecule has 6 heteroatoms. The number of carbonyl (C=O) groups is 2. The van der Waals surface area contributed by atoms with E-state index in [4.69, 9.17) is 9.63 Å². The van der Waals surface area contributed by atoms with Crippen molar-refractivity contribution < 1.29 is 19.2 Å². The summed E-state index contributed by atoms with van der Waals surface area (Å²) >= 11 is 0. The van der Waals surface area contributed by atoms with Crippen LogP contribution in [0.15, 0.2) is 10.6 Å². The van der Waals surface area contributed by atoms with Crippen molar-refractivity contribution >= 4 is 11.9 Å². The van der Waals surface area contributed by atoms with Gasteiger partial charge in [0.05, 0.1) is 5.69 Å². The Morgan fingerprint density at radius 2 is 2.18 bits per heavy atom. The molecule has 1 aromatic heterocycles. The zero-order chi connectivity index (χ0) is 13.0. The van der Waals surface area contributed by atoms with Crippen molar-refractivity contribution in [2.24, 2.45) is 5.92 Å². The third kappa shape index (κ3) is 3.90. The van der Waals surface area contributed by atoms with E-state index >= 15 is 0 Å². The van der Waals surface area contributed by atoms with Gasteiger partial charge < -0.3 is 14.9 Å². The molecule has 1 atom stereocenters. The number of carboxylic acids is 1. The van der Waals surface area contributed by atoms with E-state index < -0.39 is 17.9 Å². The molecule has 0 radical (unpaired) electrons. The highest BCUT2D eigenvalue weighted by atomic mass is 16.5. The molecular weight excluding hydrogens is 224 g/mol. The average molecular weight is 240 g/mol. The average Bonchev–Trinajstić information content (AvgIpc) is 2.63. The number of hydrogen-bond donors (Lipinski definition) is 2. The first-order valence-electron chi connectivity index (χ1n) is 5.37. The van der Waals surface area contributed by atoms with Crippen LogP contribution in [0.2, 0.25) is 0 Å². The first-order chi connectivity index (χ1) is 7.90. The molecule has 17 heavy (non-hydrogen) atoms. The fraction of sp³-hybridized carbons (Fsp3) is 0.545. The molecule has 0 aliphatic carbocycles. The molecule has 2 N–H and O–H groups in total. The number of amides is 1. The van der Waals surface area contributed by atoms with Gasteiger partial charge in [-0.05, 0) is 19.3 Å². The van der Waals surface area contributed by atoms with Gasteiger partial charge in [0.2, 0.25) is 5.76 Å². The Kier molecular flexibility index (Phi) is 4.25. The molecule has 0 aliphatic heterocycles. The van der Waals surface area contributed by atoms with Crippen molar-refractivity contribution in [3.8, 4) is 0 Å². The summed E-state index contributed by atoms with van der Waals surface area (Å²) in [7, 11) is 0. The van der Waals surface area contributed by atoms with E-state index in [1.807, 2.05) is 13.8 Å². The standard InChI is InChI=1S/C11H16N2O4/c1-6(2)4-8(11(15)16)12-10(14)9-5-7(3)13-17-9/h5-6,8H,4H2,1-3H3,(H,12,14)(H,15,16)/t8-/m0/s1. The summed E-state index contributed by atoms with van der Waals surface area (Å²) in [5.74, 6) is -1.41. The number of hydrogen-bond acceptors (Lipinski definition) is 4. The molecule has 0 unspecified atom stereocenters. The smallest absolute Gasteiger partial charge is 0.326 e. The first-order valence-corrected chi connectivity index (χ1v) is 5.37. The van der Waals surface area contributed by atoms with Crippen LogP contribution < -0.4 is 5.32 Å². The third-order valence-corrected chi connectivity index (χ3v) is 2.16. The monoisotopic (exact) mass is 240 g/mol. The largest absolute Gasteiger partial charge is 0.480 e. The number of aromatic nitrogens is 1. The number of nitrogens with zero attached hydrogens (tertiary/aromatic N) is 1. The molecule has 0 bridgehead atoms. The molecule has 0 saturated heterocycles. The second kappa shape index (κ2) is 5.47. The maximum atomic E-state index is 11.6. The quantitative estimate of drug-likeness (QED) is 0.807. The first kappa shape index (κ1) is 13.2. The maximum Gasteiger partial charge on any atom is 0.326 e. The van der Waals surface area contributed by atoms with Crippen LogP contribution in [0.25, 0.3) is 0 Å². The lowest BCUT2D eigenvalue weighted by Gasteiger charge is -2.15. The number of nitrogens with one attached hydrogen (secondary N) is 1. The van der Waals surface area contributed by atoms with Crippen LogP contribution in [-0.4, -0.2) is 28.2 Å². The highest BCUT2D eigenvalue weighted by Crippen LogP contribution is 2.07. The van der Waals surface area contributed by atoms with Gasteiger partial charge >= 0.3 is 5.97 Å². The third-order valence-electron chi connectivity index (χ3n) is 2.16. The van der Waals surface area contributed by atoms with Crippen molar-refractivity contribution in [3.05, 3.63) is 17.5 Å². The van der Waals surface area contributed by atoms with E-state index in [2.05, 4.69) is 10.5 Å². The zero-order valence-corrected chi connectivity index (χ0v) is 10.1. The van der Waals surface area contributed by atoms with Crippen LogP contribution in [0.4, 0.5) is 0 Å². The van der Waals surface area contributed by atoms with Gasteiger partial charge in [-0.25, -0.2) is 4.79 Å². The molecule has 1 amide bonds. The molecule has 1 heterocycles. The van der Waals surface area contributed by atoms with Gasteiger partial charge in [-0.3, -0.25) is 4.79 Å². The van der Waals surface area contributed by atoms with Crippen LogP contribution in [-0.2, 0) is 4.79 Å². The highest BCUT2D eigenvalue weighted by Gasteiger charge is 2.23. The van der Waals surface area contributed by atoms with Gasteiger partial charge in [0.1, 0.15) is 6.04 Å². The summed E-state index contributed by atoms with van der Waals surface area (Å²) in [5, 5.41) is 14.9. The SMILES string of the molecule is Cc1cc(C(=O)N[C@@H](CC(C)C)C(=O)O)on1. The number of carbonyl (C=O) groups excluding carboxylic acids is 1. The molecule has 0 fully saturated rings. The molecular formula is C11H16N2O4. The summed E-state index contributed by atoms with van der Waals surface area (Å²) in [6, 6.07) is 0.553. The van der Waals surface area contributed by atoms with Gasteiger partial charge in [0.15, 0.2) is 0 Å². The topological polar surface area (TPSA) is 92.4 Å². The number of aliphatic carboxylic acids is 1. The van der Waals surface area contributed by atoms with E-state index in [0.717, 1.165) is 0 Å². The second-order valence-electron chi connectivity index (χ2n) is 4.33. The van der Waals surface area contributed by atoms with E-state index in [1.54, 1.807) is 6.92 Å². The van der Waals surface area contributed by atoms with E-state index in [9.17, 15) is 9.59 Å².